The monoisotopic (exact) mass is 372 g/mol. The quantitative estimate of drug-likeness (QED) is 0.762. The molecule has 1 aromatic carbocycles. The zero-order valence-electron chi connectivity index (χ0n) is 16.3. The Labute approximate surface area is 160 Å². The molecular formula is C22H28O3S. The van der Waals surface area contributed by atoms with Crippen molar-refractivity contribution in [1.29, 1.82) is 0 Å². The van der Waals surface area contributed by atoms with Crippen molar-refractivity contribution in [2.24, 2.45) is 0 Å². The molecule has 1 heterocycles. The number of aliphatic carboxylic acids is 1. The number of carboxylic acids is 1. The second-order valence-corrected chi connectivity index (χ2v) is 9.63. The molecule has 1 aromatic heterocycles. The Morgan fingerprint density at radius 2 is 1.85 bits per heavy atom. The summed E-state index contributed by atoms with van der Waals surface area (Å²) in [7, 11) is 0. The highest BCUT2D eigenvalue weighted by Crippen LogP contribution is 2.44. The number of thiophene rings is 1. The highest BCUT2D eigenvalue weighted by Gasteiger charge is 2.35. The van der Waals surface area contributed by atoms with E-state index in [0.717, 1.165) is 29.7 Å². The number of hydrogen-bond acceptors (Lipinski definition) is 3. The standard InChI is InChI=1S/C22H28O3S/c1-13-18(17-11-10-15-8-6-7-9-16(15)12-17)19(14(2)26-13)20(21(23)24)25-22(3,4)5/h6-9,17,20H,10-12H2,1-5H3,(H,23,24). The lowest BCUT2D eigenvalue weighted by molar-refractivity contribution is -0.160. The van der Waals surface area contributed by atoms with Gasteiger partial charge in [-0.2, -0.15) is 0 Å². The number of fused-ring (bicyclic) bond motifs is 1. The number of rotatable bonds is 4. The number of hydrogen-bond donors (Lipinski definition) is 1. The molecule has 3 rings (SSSR count). The maximum atomic E-state index is 12.1. The van der Waals surface area contributed by atoms with Crippen molar-refractivity contribution in [3.8, 4) is 0 Å². The molecule has 0 aliphatic heterocycles. The first-order valence-electron chi connectivity index (χ1n) is 9.24. The molecule has 0 bridgehead atoms. The lowest BCUT2D eigenvalue weighted by Gasteiger charge is -2.30. The summed E-state index contributed by atoms with van der Waals surface area (Å²) >= 11 is 1.70. The van der Waals surface area contributed by atoms with Crippen LogP contribution >= 0.6 is 11.3 Å². The van der Waals surface area contributed by atoms with Crippen molar-refractivity contribution in [3.05, 3.63) is 56.3 Å². The Kier molecular flexibility index (Phi) is 5.27. The first-order valence-corrected chi connectivity index (χ1v) is 10.1. The van der Waals surface area contributed by atoms with E-state index in [9.17, 15) is 9.90 Å². The minimum Gasteiger partial charge on any atom is -0.479 e. The largest absolute Gasteiger partial charge is 0.479 e. The lowest BCUT2D eigenvalue weighted by atomic mass is 9.78. The fourth-order valence-corrected chi connectivity index (χ4v) is 5.26. The summed E-state index contributed by atoms with van der Waals surface area (Å²) in [6, 6.07) is 8.61. The van der Waals surface area contributed by atoms with Gasteiger partial charge in [-0.25, -0.2) is 4.79 Å². The van der Waals surface area contributed by atoms with Gasteiger partial charge in [0.05, 0.1) is 5.60 Å². The zero-order valence-corrected chi connectivity index (χ0v) is 17.1. The van der Waals surface area contributed by atoms with E-state index in [0.29, 0.717) is 5.92 Å². The summed E-state index contributed by atoms with van der Waals surface area (Å²) in [6.07, 6.45) is 2.17. The van der Waals surface area contributed by atoms with Crippen molar-refractivity contribution in [2.75, 3.05) is 0 Å². The van der Waals surface area contributed by atoms with Crippen molar-refractivity contribution in [2.45, 2.75) is 71.5 Å². The minimum absolute atomic E-state index is 0.357. The van der Waals surface area contributed by atoms with Crippen molar-refractivity contribution in [3.63, 3.8) is 0 Å². The molecule has 2 atom stereocenters. The maximum Gasteiger partial charge on any atom is 0.337 e. The number of aryl methyl sites for hydroxylation is 3. The van der Waals surface area contributed by atoms with Crippen LogP contribution in [0.25, 0.3) is 0 Å². The predicted molar refractivity (Wildman–Crippen MR) is 106 cm³/mol. The third kappa shape index (κ3) is 3.86. The van der Waals surface area contributed by atoms with Gasteiger partial charge in [-0.1, -0.05) is 24.3 Å². The molecule has 0 saturated heterocycles. The molecule has 1 aliphatic rings. The van der Waals surface area contributed by atoms with E-state index < -0.39 is 17.7 Å². The highest BCUT2D eigenvalue weighted by molar-refractivity contribution is 7.12. The Hall–Kier alpha value is -1.65. The summed E-state index contributed by atoms with van der Waals surface area (Å²) in [5.41, 5.74) is 4.40. The predicted octanol–water partition coefficient (Wildman–Crippen LogP) is 5.58. The molecule has 1 aliphatic carbocycles. The van der Waals surface area contributed by atoms with Gasteiger partial charge in [-0.15, -0.1) is 11.3 Å². The second-order valence-electron chi connectivity index (χ2n) is 8.20. The van der Waals surface area contributed by atoms with E-state index >= 15 is 0 Å². The van der Waals surface area contributed by atoms with E-state index in [1.165, 1.54) is 21.6 Å². The molecular weight excluding hydrogens is 344 g/mol. The third-order valence-corrected chi connectivity index (χ3v) is 6.12. The van der Waals surface area contributed by atoms with Crippen molar-refractivity contribution < 1.29 is 14.6 Å². The van der Waals surface area contributed by atoms with E-state index in [-0.39, 0.29) is 0 Å². The minimum atomic E-state index is -0.910. The van der Waals surface area contributed by atoms with Gasteiger partial charge in [0.15, 0.2) is 6.10 Å². The molecule has 0 saturated carbocycles. The summed E-state index contributed by atoms with van der Waals surface area (Å²) in [6.45, 7) is 9.87. The zero-order chi connectivity index (χ0) is 19.1. The van der Waals surface area contributed by atoms with Gasteiger partial charge in [0.2, 0.25) is 0 Å². The summed E-state index contributed by atoms with van der Waals surface area (Å²) in [5.74, 6) is -0.548. The molecule has 0 fully saturated rings. The van der Waals surface area contributed by atoms with Crippen LogP contribution in [0.3, 0.4) is 0 Å². The Bertz CT molecular complexity index is 813. The normalized spacial score (nSPS) is 18.4. The topological polar surface area (TPSA) is 46.5 Å². The Morgan fingerprint density at radius 1 is 1.19 bits per heavy atom. The van der Waals surface area contributed by atoms with Gasteiger partial charge in [0.25, 0.3) is 0 Å². The van der Waals surface area contributed by atoms with Crippen LogP contribution in [0.2, 0.25) is 0 Å². The molecule has 3 nitrogen and oxygen atoms in total. The van der Waals surface area contributed by atoms with Crippen LogP contribution < -0.4 is 0 Å². The fourth-order valence-electron chi connectivity index (χ4n) is 4.08. The van der Waals surface area contributed by atoms with Crippen molar-refractivity contribution in [1.82, 2.24) is 0 Å². The molecule has 2 aromatic rings. The van der Waals surface area contributed by atoms with E-state index in [2.05, 4.69) is 31.2 Å². The van der Waals surface area contributed by atoms with Crippen molar-refractivity contribution >= 4 is 17.3 Å². The van der Waals surface area contributed by atoms with Crippen LogP contribution in [0.4, 0.5) is 0 Å². The number of benzene rings is 1. The van der Waals surface area contributed by atoms with Gasteiger partial charge in [0.1, 0.15) is 0 Å². The SMILES string of the molecule is Cc1sc(C)c(C(OC(C)(C)C)C(=O)O)c1C1CCc2ccccc2C1. The van der Waals surface area contributed by atoms with E-state index in [4.69, 9.17) is 4.74 Å². The summed E-state index contributed by atoms with van der Waals surface area (Å²) in [5, 5.41) is 9.88. The fraction of sp³-hybridized carbons (Fsp3) is 0.500. The number of carboxylic acid groups (broad SMARTS) is 1. The molecule has 0 spiro atoms. The van der Waals surface area contributed by atoms with E-state index in [1.54, 1.807) is 11.3 Å². The maximum absolute atomic E-state index is 12.1. The smallest absolute Gasteiger partial charge is 0.337 e. The summed E-state index contributed by atoms with van der Waals surface area (Å²) in [4.78, 5) is 14.3. The molecule has 1 N–H and O–H groups in total. The second kappa shape index (κ2) is 7.16. The molecule has 140 valence electrons. The van der Waals surface area contributed by atoms with Crippen LogP contribution in [-0.4, -0.2) is 16.7 Å². The Morgan fingerprint density at radius 3 is 2.46 bits per heavy atom. The molecule has 2 unspecified atom stereocenters. The average molecular weight is 373 g/mol. The van der Waals surface area contributed by atoms with Crippen LogP contribution in [-0.2, 0) is 22.4 Å². The van der Waals surface area contributed by atoms with Crippen LogP contribution in [0, 0.1) is 13.8 Å². The summed E-state index contributed by atoms with van der Waals surface area (Å²) < 4.78 is 5.99. The average Bonchev–Trinajstić information content (AvgIpc) is 2.85. The number of ether oxygens (including phenoxy) is 1. The van der Waals surface area contributed by atoms with Gasteiger partial charge in [-0.05, 0) is 76.5 Å². The highest BCUT2D eigenvalue weighted by atomic mass is 32.1. The molecule has 0 radical (unpaired) electrons. The third-order valence-electron chi connectivity index (χ3n) is 5.07. The van der Waals surface area contributed by atoms with Crippen LogP contribution in [0.5, 0.6) is 0 Å². The Balaban J connectivity index is 2.02. The van der Waals surface area contributed by atoms with Crippen LogP contribution in [0.1, 0.15) is 71.2 Å². The van der Waals surface area contributed by atoms with Gasteiger partial charge in [-0.3, -0.25) is 0 Å². The first-order chi connectivity index (χ1) is 12.2. The van der Waals surface area contributed by atoms with Gasteiger partial charge >= 0.3 is 5.97 Å². The van der Waals surface area contributed by atoms with Gasteiger partial charge < -0.3 is 9.84 Å². The van der Waals surface area contributed by atoms with Crippen LogP contribution in [0.15, 0.2) is 24.3 Å². The van der Waals surface area contributed by atoms with Gasteiger partial charge in [0, 0.05) is 15.3 Å². The number of carbonyl (C=O) groups is 1. The van der Waals surface area contributed by atoms with E-state index in [1.807, 2.05) is 27.7 Å². The molecule has 26 heavy (non-hydrogen) atoms. The molecule has 0 amide bonds. The first kappa shape index (κ1) is 19.1. The lowest BCUT2D eigenvalue weighted by Crippen LogP contribution is -2.28. The molecule has 4 heteroatoms.